The quantitative estimate of drug-likeness (QED) is 0.690. The lowest BCUT2D eigenvalue weighted by Crippen LogP contribution is -2.32. The average molecular weight is 392 g/mol. The molecule has 10 heteroatoms. The normalized spacial score (nSPS) is 18.4. The highest BCUT2D eigenvalue weighted by atomic mass is 32.1. The lowest BCUT2D eigenvalue weighted by atomic mass is 10.1. The van der Waals surface area contributed by atoms with Gasteiger partial charge in [-0.15, -0.1) is 16.4 Å². The van der Waals surface area contributed by atoms with E-state index >= 15 is 0 Å². The summed E-state index contributed by atoms with van der Waals surface area (Å²) in [5.74, 6) is -0.272. The lowest BCUT2D eigenvalue weighted by molar-refractivity contribution is -0.127. The molecule has 3 rings (SSSR count). The van der Waals surface area contributed by atoms with E-state index in [1.54, 1.807) is 10.9 Å². The molecular weight excluding hydrogens is 368 g/mol. The van der Waals surface area contributed by atoms with Crippen LogP contribution in [0.3, 0.4) is 0 Å². The van der Waals surface area contributed by atoms with Crippen LogP contribution in [-0.2, 0) is 22.5 Å². The van der Waals surface area contributed by atoms with Crippen molar-refractivity contribution in [3.63, 3.8) is 0 Å². The van der Waals surface area contributed by atoms with E-state index < -0.39 is 12.1 Å². The fourth-order valence-electron chi connectivity index (χ4n) is 2.80. The second-order valence-corrected chi connectivity index (χ2v) is 7.58. The number of imide groups is 1. The first-order valence-electron chi connectivity index (χ1n) is 8.97. The van der Waals surface area contributed by atoms with Crippen molar-refractivity contribution >= 4 is 23.3 Å². The minimum absolute atomic E-state index is 0.104. The molecule has 2 aromatic heterocycles. The monoisotopic (exact) mass is 392 g/mol. The van der Waals surface area contributed by atoms with Crippen LogP contribution in [0.1, 0.15) is 56.2 Å². The van der Waals surface area contributed by atoms with Gasteiger partial charge in [0.2, 0.25) is 0 Å². The van der Waals surface area contributed by atoms with Crippen molar-refractivity contribution < 1.29 is 14.3 Å². The molecule has 0 radical (unpaired) electrons. The highest BCUT2D eigenvalue weighted by Crippen LogP contribution is 2.23. The third-order valence-corrected chi connectivity index (χ3v) is 5.32. The zero-order valence-electron chi connectivity index (χ0n) is 15.9. The van der Waals surface area contributed by atoms with E-state index in [0.717, 1.165) is 5.01 Å². The molecule has 1 fully saturated rings. The number of rotatable bonds is 8. The van der Waals surface area contributed by atoms with Crippen molar-refractivity contribution in [2.45, 2.75) is 58.8 Å². The minimum Gasteiger partial charge on any atom is -0.372 e. The standard InChI is InChI=1S/C17H24N6O3S/c1-5-26-11(4)15-18-13(9-27-15)7-22-16(24)14(19-17(22)25)6-12-8-23(10(2)3)21-20-12/h8-11,14H,5-7H2,1-4H3,(H,19,25)/t11-,14+/m1/s1. The van der Waals surface area contributed by atoms with Gasteiger partial charge in [0.05, 0.1) is 17.9 Å². The predicted octanol–water partition coefficient (Wildman–Crippen LogP) is 2.08. The van der Waals surface area contributed by atoms with Crippen LogP contribution in [-0.4, -0.2) is 49.5 Å². The smallest absolute Gasteiger partial charge is 0.325 e. The van der Waals surface area contributed by atoms with Crippen LogP contribution < -0.4 is 5.32 Å². The molecule has 0 aromatic carbocycles. The van der Waals surface area contributed by atoms with Crippen LogP contribution in [0, 0.1) is 0 Å². The number of hydrogen-bond acceptors (Lipinski definition) is 7. The number of amides is 3. The maximum Gasteiger partial charge on any atom is 0.325 e. The van der Waals surface area contributed by atoms with Gasteiger partial charge >= 0.3 is 6.03 Å². The van der Waals surface area contributed by atoms with Crippen molar-refractivity contribution in [1.29, 1.82) is 0 Å². The summed E-state index contributed by atoms with van der Waals surface area (Å²) in [6.07, 6.45) is 2.01. The first-order valence-corrected chi connectivity index (χ1v) is 9.85. The molecule has 0 unspecified atom stereocenters. The Morgan fingerprint density at radius 1 is 1.30 bits per heavy atom. The highest BCUT2D eigenvalue weighted by molar-refractivity contribution is 7.09. The Morgan fingerprint density at radius 3 is 2.74 bits per heavy atom. The number of nitrogens with zero attached hydrogens (tertiary/aromatic N) is 5. The molecule has 146 valence electrons. The topological polar surface area (TPSA) is 102 Å². The Kier molecular flexibility index (Phi) is 5.85. The average Bonchev–Trinajstić information content (AvgIpc) is 3.32. The van der Waals surface area contributed by atoms with Gasteiger partial charge in [0.25, 0.3) is 5.91 Å². The zero-order chi connectivity index (χ0) is 19.6. The van der Waals surface area contributed by atoms with E-state index in [1.165, 1.54) is 16.2 Å². The molecule has 1 aliphatic heterocycles. The van der Waals surface area contributed by atoms with Crippen molar-refractivity contribution in [2.24, 2.45) is 0 Å². The molecule has 27 heavy (non-hydrogen) atoms. The maximum absolute atomic E-state index is 12.6. The minimum atomic E-state index is -0.629. The number of carbonyl (C=O) groups is 2. The summed E-state index contributed by atoms with van der Waals surface area (Å²) in [7, 11) is 0. The molecule has 1 N–H and O–H groups in total. The highest BCUT2D eigenvalue weighted by Gasteiger charge is 2.38. The molecule has 0 saturated carbocycles. The molecule has 0 aliphatic carbocycles. The summed E-state index contributed by atoms with van der Waals surface area (Å²) in [4.78, 5) is 30.6. The van der Waals surface area contributed by atoms with Gasteiger partial charge in [-0.25, -0.2) is 14.5 Å². The Balaban J connectivity index is 1.63. The second-order valence-electron chi connectivity index (χ2n) is 6.69. The Labute approximate surface area is 161 Å². The van der Waals surface area contributed by atoms with Gasteiger partial charge < -0.3 is 10.1 Å². The fourth-order valence-corrected chi connectivity index (χ4v) is 3.61. The van der Waals surface area contributed by atoms with Gasteiger partial charge in [-0.2, -0.15) is 0 Å². The summed E-state index contributed by atoms with van der Waals surface area (Å²) < 4.78 is 7.26. The first-order chi connectivity index (χ1) is 12.9. The van der Waals surface area contributed by atoms with E-state index in [9.17, 15) is 9.59 Å². The second kappa shape index (κ2) is 8.13. The van der Waals surface area contributed by atoms with Crippen LogP contribution in [0.25, 0.3) is 0 Å². The number of thiazole rings is 1. The van der Waals surface area contributed by atoms with Gasteiger partial charge in [0.1, 0.15) is 17.2 Å². The molecular formula is C17H24N6O3S. The van der Waals surface area contributed by atoms with E-state index in [-0.39, 0.29) is 24.6 Å². The number of urea groups is 1. The van der Waals surface area contributed by atoms with E-state index in [4.69, 9.17) is 4.74 Å². The van der Waals surface area contributed by atoms with E-state index in [2.05, 4.69) is 20.6 Å². The fraction of sp³-hybridized carbons (Fsp3) is 0.588. The van der Waals surface area contributed by atoms with E-state index in [1.807, 2.05) is 33.1 Å². The van der Waals surface area contributed by atoms with Crippen molar-refractivity contribution in [2.75, 3.05) is 6.61 Å². The molecule has 3 amide bonds. The number of ether oxygens (including phenoxy) is 1. The Morgan fingerprint density at radius 2 is 2.07 bits per heavy atom. The van der Waals surface area contributed by atoms with Crippen molar-refractivity contribution in [3.8, 4) is 0 Å². The van der Waals surface area contributed by atoms with E-state index in [0.29, 0.717) is 24.4 Å². The third kappa shape index (κ3) is 4.33. The van der Waals surface area contributed by atoms with Gasteiger partial charge in [-0.3, -0.25) is 9.69 Å². The summed E-state index contributed by atoms with van der Waals surface area (Å²) in [5, 5.41) is 13.5. The molecule has 9 nitrogen and oxygen atoms in total. The van der Waals surface area contributed by atoms with Crippen LogP contribution in [0.4, 0.5) is 4.79 Å². The van der Waals surface area contributed by atoms with Gasteiger partial charge in [0.15, 0.2) is 0 Å². The van der Waals surface area contributed by atoms with Gasteiger partial charge in [-0.05, 0) is 27.7 Å². The maximum atomic E-state index is 12.6. The van der Waals surface area contributed by atoms with Crippen LogP contribution in [0.2, 0.25) is 0 Å². The van der Waals surface area contributed by atoms with Gasteiger partial charge in [0, 0.05) is 30.6 Å². The Bertz CT molecular complexity index is 817. The number of nitrogens with one attached hydrogen (secondary N) is 1. The third-order valence-electron chi connectivity index (χ3n) is 4.26. The van der Waals surface area contributed by atoms with Crippen molar-refractivity contribution in [3.05, 3.63) is 28.0 Å². The van der Waals surface area contributed by atoms with Crippen LogP contribution in [0.5, 0.6) is 0 Å². The predicted molar refractivity (Wildman–Crippen MR) is 99.1 cm³/mol. The van der Waals surface area contributed by atoms with Crippen molar-refractivity contribution in [1.82, 2.24) is 30.2 Å². The molecule has 2 atom stereocenters. The largest absolute Gasteiger partial charge is 0.372 e. The van der Waals surface area contributed by atoms with Crippen LogP contribution >= 0.6 is 11.3 Å². The number of carbonyl (C=O) groups excluding carboxylic acids is 2. The summed E-state index contributed by atoms with van der Waals surface area (Å²) in [5.41, 5.74) is 1.35. The molecule has 0 bridgehead atoms. The summed E-state index contributed by atoms with van der Waals surface area (Å²) >= 11 is 1.47. The number of aromatic nitrogens is 4. The SMILES string of the molecule is CCO[C@H](C)c1nc(CN2C(=O)N[C@@H](Cc3cn(C(C)C)nn3)C2=O)cs1. The molecule has 2 aromatic rings. The molecule has 1 saturated heterocycles. The van der Waals surface area contributed by atoms with Crippen LogP contribution in [0.15, 0.2) is 11.6 Å². The molecule has 0 spiro atoms. The summed E-state index contributed by atoms with van der Waals surface area (Å²) in [6.45, 7) is 8.61. The van der Waals surface area contributed by atoms with Gasteiger partial charge in [-0.1, -0.05) is 5.21 Å². The lowest BCUT2D eigenvalue weighted by Gasteiger charge is -2.11. The summed E-state index contributed by atoms with van der Waals surface area (Å²) in [6, 6.07) is -0.849. The zero-order valence-corrected chi connectivity index (χ0v) is 16.7. The molecule has 3 heterocycles. The Hall–Kier alpha value is -2.33. The first kappa shape index (κ1) is 19.4. The molecule has 1 aliphatic rings. The number of hydrogen-bond donors (Lipinski definition) is 1.